The molecule has 0 aromatic carbocycles. The van der Waals surface area contributed by atoms with Gasteiger partial charge in [-0.3, -0.25) is 5.43 Å². The Balaban J connectivity index is 1.81. The first-order chi connectivity index (χ1) is 8.17. The van der Waals surface area contributed by atoms with E-state index in [-0.39, 0.29) is 0 Å². The van der Waals surface area contributed by atoms with E-state index in [2.05, 4.69) is 24.3 Å². The van der Waals surface area contributed by atoms with Crippen molar-refractivity contribution in [2.24, 2.45) is 17.7 Å². The number of anilines is 1. The molecule has 3 N–H and O–H groups in total. The summed E-state index contributed by atoms with van der Waals surface area (Å²) in [4.78, 5) is 5.26. The maximum atomic E-state index is 5.97. The van der Waals surface area contributed by atoms with E-state index >= 15 is 0 Å². The SMILES string of the molecule is CC1CC(C)CC(OCc2cnc(NN)s2)C1. The van der Waals surface area contributed by atoms with Gasteiger partial charge in [0.1, 0.15) is 0 Å². The minimum Gasteiger partial charge on any atom is -0.373 e. The topological polar surface area (TPSA) is 60.2 Å². The Labute approximate surface area is 107 Å². The first kappa shape index (κ1) is 12.8. The third-order valence-corrected chi connectivity index (χ3v) is 4.18. The van der Waals surface area contributed by atoms with Crippen molar-refractivity contribution in [3.05, 3.63) is 11.1 Å². The molecule has 5 heteroatoms. The fourth-order valence-corrected chi connectivity index (χ4v) is 3.30. The summed E-state index contributed by atoms with van der Waals surface area (Å²) in [6.45, 7) is 5.29. The summed E-state index contributed by atoms with van der Waals surface area (Å²) in [6.07, 6.45) is 5.94. The van der Waals surface area contributed by atoms with E-state index in [0.717, 1.165) is 21.8 Å². The number of hydrazine groups is 1. The standard InChI is InChI=1S/C12H21N3OS/c1-8-3-9(2)5-10(4-8)16-7-11-6-14-12(15-13)17-11/h6,8-10H,3-5,7,13H2,1-2H3,(H,14,15). The van der Waals surface area contributed by atoms with Gasteiger partial charge in [-0.1, -0.05) is 25.2 Å². The number of nitrogens with one attached hydrogen (secondary N) is 1. The molecule has 17 heavy (non-hydrogen) atoms. The first-order valence-electron chi connectivity index (χ1n) is 6.20. The van der Waals surface area contributed by atoms with Gasteiger partial charge in [0.25, 0.3) is 0 Å². The molecule has 1 aromatic rings. The third kappa shape index (κ3) is 3.66. The normalized spacial score (nSPS) is 29.2. The van der Waals surface area contributed by atoms with Crippen molar-refractivity contribution >= 4 is 16.5 Å². The van der Waals surface area contributed by atoms with Crippen molar-refractivity contribution in [3.8, 4) is 0 Å². The van der Waals surface area contributed by atoms with Crippen molar-refractivity contribution in [3.63, 3.8) is 0 Å². The molecule has 1 aromatic heterocycles. The number of aromatic nitrogens is 1. The highest BCUT2D eigenvalue weighted by molar-refractivity contribution is 7.15. The largest absolute Gasteiger partial charge is 0.373 e. The quantitative estimate of drug-likeness (QED) is 0.641. The molecule has 2 atom stereocenters. The molecule has 0 saturated heterocycles. The maximum Gasteiger partial charge on any atom is 0.197 e. The number of ether oxygens (including phenoxy) is 1. The lowest BCUT2D eigenvalue weighted by atomic mass is 9.82. The zero-order chi connectivity index (χ0) is 12.3. The number of rotatable bonds is 4. The summed E-state index contributed by atoms with van der Waals surface area (Å²) < 4.78 is 5.97. The minimum absolute atomic E-state index is 0.408. The predicted octanol–water partition coefficient (Wildman–Crippen LogP) is 2.77. The average molecular weight is 255 g/mol. The van der Waals surface area contributed by atoms with E-state index in [1.54, 1.807) is 11.3 Å². The van der Waals surface area contributed by atoms with Crippen LogP contribution in [0.1, 0.15) is 38.0 Å². The highest BCUT2D eigenvalue weighted by Crippen LogP contribution is 2.31. The molecule has 0 aliphatic heterocycles. The fourth-order valence-electron chi connectivity index (χ4n) is 2.65. The van der Waals surface area contributed by atoms with Gasteiger partial charge in [0, 0.05) is 6.20 Å². The van der Waals surface area contributed by atoms with Gasteiger partial charge in [-0.25, -0.2) is 10.8 Å². The van der Waals surface area contributed by atoms with E-state index in [0.29, 0.717) is 12.7 Å². The van der Waals surface area contributed by atoms with Gasteiger partial charge in [-0.15, -0.1) is 0 Å². The van der Waals surface area contributed by atoms with Crippen LogP contribution < -0.4 is 11.3 Å². The van der Waals surface area contributed by atoms with Gasteiger partial charge >= 0.3 is 0 Å². The van der Waals surface area contributed by atoms with Crippen LogP contribution in [-0.4, -0.2) is 11.1 Å². The number of nitrogen functional groups attached to an aromatic ring is 1. The van der Waals surface area contributed by atoms with Crippen LogP contribution in [0.4, 0.5) is 5.13 Å². The molecular weight excluding hydrogens is 234 g/mol. The highest BCUT2D eigenvalue weighted by Gasteiger charge is 2.24. The summed E-state index contributed by atoms with van der Waals surface area (Å²) in [5.74, 6) is 6.86. The third-order valence-electron chi connectivity index (χ3n) is 3.27. The lowest BCUT2D eigenvalue weighted by Crippen LogP contribution is -2.26. The Morgan fingerprint density at radius 3 is 2.71 bits per heavy atom. The van der Waals surface area contributed by atoms with Crippen LogP contribution in [0.2, 0.25) is 0 Å². The molecule has 0 amide bonds. The summed E-state index contributed by atoms with van der Waals surface area (Å²) in [5.41, 5.74) is 2.55. The number of hydrogen-bond acceptors (Lipinski definition) is 5. The molecule has 0 radical (unpaired) electrons. The number of nitrogens with zero attached hydrogens (tertiary/aromatic N) is 1. The van der Waals surface area contributed by atoms with Gasteiger partial charge < -0.3 is 4.74 Å². The summed E-state index contributed by atoms with van der Waals surface area (Å²) in [5, 5.41) is 0.744. The van der Waals surface area contributed by atoms with Crippen LogP contribution in [0, 0.1) is 11.8 Å². The Kier molecular flexibility index (Phi) is 4.36. The van der Waals surface area contributed by atoms with Crippen molar-refractivity contribution in [1.29, 1.82) is 0 Å². The Morgan fingerprint density at radius 1 is 1.41 bits per heavy atom. The van der Waals surface area contributed by atoms with Gasteiger partial charge in [-0.05, 0) is 31.1 Å². The molecular formula is C12H21N3OS. The molecule has 0 bridgehead atoms. The van der Waals surface area contributed by atoms with Crippen LogP contribution in [0.3, 0.4) is 0 Å². The number of hydrogen-bond donors (Lipinski definition) is 2. The Bertz CT molecular complexity index is 345. The van der Waals surface area contributed by atoms with E-state index in [1.165, 1.54) is 19.3 Å². The molecule has 2 unspecified atom stereocenters. The fraction of sp³-hybridized carbons (Fsp3) is 0.750. The van der Waals surface area contributed by atoms with E-state index < -0.39 is 0 Å². The molecule has 2 rings (SSSR count). The summed E-state index contributed by atoms with van der Waals surface area (Å²) in [7, 11) is 0. The molecule has 1 fully saturated rings. The van der Waals surface area contributed by atoms with Crippen molar-refractivity contribution in [1.82, 2.24) is 4.98 Å². The van der Waals surface area contributed by atoms with Crippen molar-refractivity contribution in [2.75, 3.05) is 5.43 Å². The summed E-state index contributed by atoms with van der Waals surface area (Å²) in [6, 6.07) is 0. The van der Waals surface area contributed by atoms with Crippen molar-refractivity contribution in [2.45, 2.75) is 45.8 Å². The number of nitrogens with two attached hydrogens (primary N) is 1. The van der Waals surface area contributed by atoms with Crippen LogP contribution in [0.25, 0.3) is 0 Å². The van der Waals surface area contributed by atoms with Gasteiger partial charge in [0.05, 0.1) is 17.6 Å². The van der Waals surface area contributed by atoms with E-state index in [4.69, 9.17) is 10.6 Å². The second kappa shape index (κ2) is 5.80. The molecule has 1 aliphatic rings. The Morgan fingerprint density at radius 2 is 2.12 bits per heavy atom. The zero-order valence-electron chi connectivity index (χ0n) is 10.5. The summed E-state index contributed by atoms with van der Waals surface area (Å²) >= 11 is 1.55. The highest BCUT2D eigenvalue weighted by atomic mass is 32.1. The monoisotopic (exact) mass is 255 g/mol. The lowest BCUT2D eigenvalue weighted by Gasteiger charge is -2.31. The predicted molar refractivity (Wildman–Crippen MR) is 70.7 cm³/mol. The van der Waals surface area contributed by atoms with Crippen LogP contribution in [-0.2, 0) is 11.3 Å². The van der Waals surface area contributed by atoms with E-state index in [1.807, 2.05) is 6.20 Å². The van der Waals surface area contributed by atoms with Crippen LogP contribution in [0.15, 0.2) is 6.20 Å². The second-order valence-corrected chi connectivity index (χ2v) is 6.24. The Hall–Kier alpha value is -0.650. The second-order valence-electron chi connectivity index (χ2n) is 5.13. The molecule has 96 valence electrons. The van der Waals surface area contributed by atoms with Crippen molar-refractivity contribution < 1.29 is 4.74 Å². The minimum atomic E-state index is 0.408. The number of thiazole rings is 1. The lowest BCUT2D eigenvalue weighted by molar-refractivity contribution is -0.00809. The van der Waals surface area contributed by atoms with Gasteiger partial charge in [0.15, 0.2) is 5.13 Å². The molecule has 1 heterocycles. The van der Waals surface area contributed by atoms with Crippen LogP contribution >= 0.6 is 11.3 Å². The molecule has 1 saturated carbocycles. The van der Waals surface area contributed by atoms with Gasteiger partial charge in [-0.2, -0.15) is 0 Å². The van der Waals surface area contributed by atoms with Crippen LogP contribution in [0.5, 0.6) is 0 Å². The zero-order valence-corrected chi connectivity index (χ0v) is 11.3. The smallest absolute Gasteiger partial charge is 0.197 e. The molecule has 1 aliphatic carbocycles. The first-order valence-corrected chi connectivity index (χ1v) is 7.02. The maximum absolute atomic E-state index is 5.97. The van der Waals surface area contributed by atoms with E-state index in [9.17, 15) is 0 Å². The molecule has 4 nitrogen and oxygen atoms in total. The average Bonchev–Trinajstić information content (AvgIpc) is 2.73. The van der Waals surface area contributed by atoms with Gasteiger partial charge in [0.2, 0.25) is 0 Å². The molecule has 0 spiro atoms.